The highest BCUT2D eigenvalue weighted by Crippen LogP contribution is 2.29. The van der Waals surface area contributed by atoms with Crippen LogP contribution >= 0.6 is 0 Å². The maximum Gasteiger partial charge on any atom is 0.338 e. The normalized spacial score (nSPS) is 20.9. The van der Waals surface area contributed by atoms with Gasteiger partial charge in [-0.2, -0.15) is 0 Å². The highest BCUT2D eigenvalue weighted by atomic mass is 16.5. The molecule has 3 fully saturated rings. The fourth-order valence-electron chi connectivity index (χ4n) is 5.08. The van der Waals surface area contributed by atoms with Gasteiger partial charge in [-0.3, -0.25) is 9.69 Å². The number of benzene rings is 2. The van der Waals surface area contributed by atoms with Crippen molar-refractivity contribution in [2.45, 2.75) is 51.3 Å². The monoisotopic (exact) mass is 478 g/mol. The third kappa shape index (κ3) is 5.79. The largest absolute Gasteiger partial charge is 0.457 e. The molecule has 0 aromatic heterocycles. The van der Waals surface area contributed by atoms with E-state index in [0.29, 0.717) is 30.7 Å². The number of carbonyl (C=O) groups is 2. The van der Waals surface area contributed by atoms with Crippen LogP contribution in [0.4, 0.5) is 5.69 Å². The molecule has 9 nitrogen and oxygen atoms in total. The van der Waals surface area contributed by atoms with E-state index < -0.39 is 0 Å². The van der Waals surface area contributed by atoms with E-state index in [2.05, 4.69) is 27.2 Å². The maximum atomic E-state index is 12.8. The van der Waals surface area contributed by atoms with Crippen molar-refractivity contribution in [1.82, 2.24) is 9.80 Å². The summed E-state index contributed by atoms with van der Waals surface area (Å²) in [6.07, 6.45) is 4.01. The highest BCUT2D eigenvalue weighted by molar-refractivity contribution is 5.93. The van der Waals surface area contributed by atoms with Crippen LogP contribution in [-0.2, 0) is 22.6 Å². The second kappa shape index (κ2) is 11.3. The Labute approximate surface area is 206 Å². The van der Waals surface area contributed by atoms with Gasteiger partial charge in [-0.1, -0.05) is 42.5 Å². The van der Waals surface area contributed by atoms with E-state index in [1.54, 1.807) is 18.1 Å². The predicted octanol–water partition coefficient (Wildman–Crippen LogP) is 3.35. The molecule has 0 aliphatic carbocycles. The van der Waals surface area contributed by atoms with Crippen molar-refractivity contribution in [3.8, 4) is 0 Å². The van der Waals surface area contributed by atoms with Gasteiger partial charge in [-0.15, -0.1) is 0 Å². The molecule has 35 heavy (non-hydrogen) atoms. The Morgan fingerprint density at radius 1 is 1.11 bits per heavy atom. The van der Waals surface area contributed by atoms with Crippen molar-refractivity contribution in [2.24, 2.45) is 16.3 Å². The molecule has 4 heterocycles. The summed E-state index contributed by atoms with van der Waals surface area (Å²) >= 11 is 0. The van der Waals surface area contributed by atoms with Gasteiger partial charge in [0.05, 0.1) is 17.7 Å². The Morgan fingerprint density at radius 2 is 1.86 bits per heavy atom. The van der Waals surface area contributed by atoms with E-state index >= 15 is 0 Å². The van der Waals surface area contributed by atoms with Crippen LogP contribution in [0.1, 0.15) is 47.7 Å². The lowest BCUT2D eigenvalue weighted by Crippen LogP contribution is -2.64. The van der Waals surface area contributed by atoms with Crippen molar-refractivity contribution >= 4 is 17.6 Å². The van der Waals surface area contributed by atoms with E-state index in [4.69, 9.17) is 10.6 Å². The molecule has 2 N–H and O–H groups in total. The summed E-state index contributed by atoms with van der Waals surface area (Å²) in [5.74, 6) is 5.11. The Morgan fingerprint density at radius 3 is 2.51 bits per heavy atom. The van der Waals surface area contributed by atoms with E-state index in [1.165, 1.54) is 12.8 Å². The molecule has 2 aromatic rings. The number of esters is 1. The number of anilines is 1. The average molecular weight is 479 g/mol. The number of hydrogen-bond donors (Lipinski definition) is 1. The first-order valence-electron chi connectivity index (χ1n) is 12.2. The molecule has 2 aromatic carbocycles. The molecule has 186 valence electrons. The fourth-order valence-corrected chi connectivity index (χ4v) is 5.08. The minimum atomic E-state index is -0.199. The number of fused-ring (bicyclic) bond motifs is 4. The Hall–Kier alpha value is -3.46. The van der Waals surface area contributed by atoms with Gasteiger partial charge in [0.15, 0.2) is 0 Å². The van der Waals surface area contributed by atoms with Crippen LogP contribution in [0, 0.1) is 0 Å². The molecule has 0 radical (unpaired) electrons. The number of ether oxygens (including phenoxy) is 1. The Balaban J connectivity index is 0.000000239. The summed E-state index contributed by atoms with van der Waals surface area (Å²) in [7, 11) is 1.78. The predicted molar refractivity (Wildman–Crippen MR) is 134 cm³/mol. The number of carbonyl (C=O) groups excluding carboxylic acids is 2. The molecule has 0 saturated carbocycles. The maximum absolute atomic E-state index is 12.8. The van der Waals surface area contributed by atoms with Crippen molar-refractivity contribution in [1.29, 1.82) is 0 Å². The topological polar surface area (TPSA) is 104 Å². The molecular weight excluding hydrogens is 444 g/mol. The van der Waals surface area contributed by atoms with Crippen LogP contribution in [0.3, 0.4) is 0 Å². The minimum Gasteiger partial charge on any atom is -0.457 e. The van der Waals surface area contributed by atoms with Gasteiger partial charge in [0.1, 0.15) is 6.61 Å². The van der Waals surface area contributed by atoms with Crippen LogP contribution < -0.4 is 10.9 Å². The minimum absolute atomic E-state index is 0.199. The number of piperazine rings is 1. The summed E-state index contributed by atoms with van der Waals surface area (Å²) in [5, 5.41) is 8.63. The van der Waals surface area contributed by atoms with Gasteiger partial charge in [-0.05, 0) is 54.8 Å². The van der Waals surface area contributed by atoms with Gasteiger partial charge >= 0.3 is 5.97 Å². The second-order valence-corrected chi connectivity index (χ2v) is 9.23. The number of amides is 1. The summed E-state index contributed by atoms with van der Waals surface area (Å²) in [6, 6.07) is 16.2. The molecule has 2 bridgehead atoms. The van der Waals surface area contributed by atoms with E-state index in [0.717, 1.165) is 42.9 Å². The second-order valence-electron chi connectivity index (χ2n) is 9.23. The van der Waals surface area contributed by atoms with Crippen LogP contribution in [0.2, 0.25) is 0 Å². The summed E-state index contributed by atoms with van der Waals surface area (Å²) in [6.45, 7) is 5.74. The smallest absolute Gasteiger partial charge is 0.338 e. The van der Waals surface area contributed by atoms with Gasteiger partial charge in [-0.25, -0.2) is 9.80 Å². The highest BCUT2D eigenvalue weighted by Gasteiger charge is 2.40. The van der Waals surface area contributed by atoms with Crippen molar-refractivity contribution in [3.63, 3.8) is 0 Å². The van der Waals surface area contributed by atoms with Crippen molar-refractivity contribution in [2.75, 3.05) is 31.7 Å². The zero-order valence-electron chi connectivity index (χ0n) is 20.5. The van der Waals surface area contributed by atoms with Crippen molar-refractivity contribution in [3.05, 3.63) is 65.2 Å². The molecular formula is C26H34N6O3. The summed E-state index contributed by atoms with van der Waals surface area (Å²) in [4.78, 5) is 28.3. The fraction of sp³-hybridized carbons (Fsp3) is 0.462. The molecule has 3 saturated heterocycles. The standard InChI is InChI=1S/C18H28N6O.C8H6O2/c1-3-10-23-12-17-9-8-16(23)13-24(17)18(25)11-14-4-6-15(7-5-14)22(2)21-20-19;9-8-7-4-2-1-3-6(7)5-10-8/h4-7,16-17H,3,8-13H2,1-2H3,(H2,19,21);1-4H,5H2. The Bertz CT molecular complexity index is 1060. The van der Waals surface area contributed by atoms with Crippen LogP contribution in [0.25, 0.3) is 0 Å². The van der Waals surface area contributed by atoms with Crippen molar-refractivity contribution < 1.29 is 14.3 Å². The quantitative estimate of drug-likeness (QED) is 0.296. The van der Waals surface area contributed by atoms with Crippen LogP contribution in [0.5, 0.6) is 0 Å². The summed E-state index contributed by atoms with van der Waals surface area (Å²) < 4.78 is 4.78. The first kappa shape index (κ1) is 24.7. The molecule has 4 aliphatic rings. The lowest BCUT2D eigenvalue weighted by atomic mass is 9.90. The van der Waals surface area contributed by atoms with Gasteiger partial charge in [0, 0.05) is 37.8 Å². The molecule has 6 rings (SSSR count). The number of rotatable bonds is 6. The number of hydrogen-bond acceptors (Lipinski definition) is 6. The molecule has 0 spiro atoms. The number of piperidine rings is 2. The Kier molecular flexibility index (Phi) is 7.97. The third-order valence-corrected chi connectivity index (χ3v) is 6.92. The van der Waals surface area contributed by atoms with E-state index in [9.17, 15) is 9.59 Å². The molecule has 4 aliphatic heterocycles. The van der Waals surface area contributed by atoms with Crippen LogP contribution in [0.15, 0.2) is 59.0 Å². The third-order valence-electron chi connectivity index (χ3n) is 6.92. The number of cyclic esters (lactones) is 1. The molecule has 1 amide bonds. The molecule has 9 heteroatoms. The SMILES string of the molecule is CCCN1CC2CCC1CN2C(=O)Cc1ccc(N(C)/N=N\N)cc1.O=C1OCc2ccccc21. The van der Waals surface area contributed by atoms with E-state index in [-0.39, 0.29) is 11.9 Å². The number of nitrogens with two attached hydrogens (primary N) is 1. The van der Waals surface area contributed by atoms with Gasteiger partial charge in [0.25, 0.3) is 0 Å². The first-order valence-corrected chi connectivity index (χ1v) is 12.2. The average Bonchev–Trinajstić information content (AvgIpc) is 3.26. The van der Waals surface area contributed by atoms with Crippen LogP contribution in [-0.4, -0.2) is 60.4 Å². The van der Waals surface area contributed by atoms with Gasteiger partial charge in [0.2, 0.25) is 5.91 Å². The first-order chi connectivity index (χ1) is 17.0. The lowest BCUT2D eigenvalue weighted by Gasteiger charge is -2.51. The van der Waals surface area contributed by atoms with E-state index in [1.807, 2.05) is 42.5 Å². The molecule has 2 unspecified atom stereocenters. The zero-order chi connectivity index (χ0) is 24.8. The molecule has 2 atom stereocenters. The number of nitrogens with zero attached hydrogens (tertiary/aromatic N) is 5. The zero-order valence-corrected chi connectivity index (χ0v) is 20.5. The summed E-state index contributed by atoms with van der Waals surface area (Å²) in [5.41, 5.74) is 3.62. The van der Waals surface area contributed by atoms with Gasteiger partial charge < -0.3 is 15.5 Å². The lowest BCUT2D eigenvalue weighted by molar-refractivity contribution is -0.141.